The fraction of sp³-hybridized carbons (Fsp3) is 0.364. The van der Waals surface area contributed by atoms with Gasteiger partial charge in [-0.1, -0.05) is 12.1 Å². The van der Waals surface area contributed by atoms with Gasteiger partial charge in [0, 0.05) is 37.6 Å². The van der Waals surface area contributed by atoms with Gasteiger partial charge >= 0.3 is 0 Å². The standard InChI is InChI=1S/C22H25FN6O/c1-16-12-24-22(25-13-16)26-14-19-7-2-3-10-28(19)20-8-9-21(30)29(27-20)15-17-5-4-6-18(23)11-17/h4-6,8-9,11-13,19H,2-3,7,10,14-15H2,1H3,(H,24,25,26). The number of aryl methyl sites for hydroxylation is 1. The van der Waals surface area contributed by atoms with E-state index in [4.69, 9.17) is 0 Å². The van der Waals surface area contributed by atoms with Gasteiger partial charge in [0.15, 0.2) is 0 Å². The molecular weight excluding hydrogens is 383 g/mol. The van der Waals surface area contributed by atoms with E-state index < -0.39 is 0 Å². The lowest BCUT2D eigenvalue weighted by Gasteiger charge is -2.36. The first-order valence-electron chi connectivity index (χ1n) is 10.2. The van der Waals surface area contributed by atoms with Crippen LogP contribution in [0.1, 0.15) is 30.4 Å². The van der Waals surface area contributed by atoms with Crippen LogP contribution in [0.25, 0.3) is 0 Å². The lowest BCUT2D eigenvalue weighted by molar-refractivity contribution is 0.462. The van der Waals surface area contributed by atoms with E-state index in [0.717, 1.165) is 37.2 Å². The van der Waals surface area contributed by atoms with Crippen molar-refractivity contribution in [3.63, 3.8) is 0 Å². The maximum absolute atomic E-state index is 13.5. The highest BCUT2D eigenvalue weighted by molar-refractivity contribution is 5.40. The van der Waals surface area contributed by atoms with Gasteiger partial charge in [-0.2, -0.15) is 5.10 Å². The van der Waals surface area contributed by atoms with Crippen molar-refractivity contribution in [1.29, 1.82) is 0 Å². The molecule has 1 fully saturated rings. The number of aromatic nitrogens is 4. The van der Waals surface area contributed by atoms with Gasteiger partial charge in [0.2, 0.25) is 5.95 Å². The third-order valence-electron chi connectivity index (χ3n) is 5.27. The predicted molar refractivity (Wildman–Crippen MR) is 114 cm³/mol. The van der Waals surface area contributed by atoms with Crippen molar-refractivity contribution in [3.05, 3.63) is 76.1 Å². The van der Waals surface area contributed by atoms with Gasteiger partial charge in [-0.15, -0.1) is 0 Å². The second-order valence-electron chi connectivity index (χ2n) is 7.63. The Morgan fingerprint density at radius 1 is 1.17 bits per heavy atom. The van der Waals surface area contributed by atoms with Crippen LogP contribution in [-0.2, 0) is 6.54 Å². The molecular formula is C22H25FN6O. The molecule has 1 N–H and O–H groups in total. The first-order chi connectivity index (χ1) is 14.6. The molecule has 1 unspecified atom stereocenters. The summed E-state index contributed by atoms with van der Waals surface area (Å²) in [5, 5.41) is 7.90. The first-order valence-corrected chi connectivity index (χ1v) is 10.2. The van der Waals surface area contributed by atoms with Crippen molar-refractivity contribution in [2.24, 2.45) is 0 Å². The van der Waals surface area contributed by atoms with Crippen LogP contribution >= 0.6 is 0 Å². The molecule has 0 spiro atoms. The SMILES string of the molecule is Cc1cnc(NCC2CCCCN2c2ccc(=O)n(Cc3cccc(F)c3)n2)nc1. The summed E-state index contributed by atoms with van der Waals surface area (Å²) < 4.78 is 14.9. The molecule has 3 heterocycles. The van der Waals surface area contributed by atoms with Crippen molar-refractivity contribution < 1.29 is 4.39 Å². The summed E-state index contributed by atoms with van der Waals surface area (Å²) in [7, 11) is 0. The van der Waals surface area contributed by atoms with Crippen LogP contribution in [-0.4, -0.2) is 38.9 Å². The molecule has 156 valence electrons. The number of nitrogens with zero attached hydrogens (tertiary/aromatic N) is 5. The number of anilines is 2. The molecule has 0 saturated carbocycles. The molecule has 30 heavy (non-hydrogen) atoms. The van der Waals surface area contributed by atoms with Gasteiger partial charge in [0.1, 0.15) is 11.6 Å². The van der Waals surface area contributed by atoms with Crippen LogP contribution in [0, 0.1) is 12.7 Å². The third kappa shape index (κ3) is 4.82. The molecule has 3 aromatic rings. The predicted octanol–water partition coefficient (Wildman–Crippen LogP) is 3.00. The minimum absolute atomic E-state index is 0.206. The molecule has 2 aromatic heterocycles. The number of benzene rings is 1. The Hall–Kier alpha value is -3.29. The second-order valence-corrected chi connectivity index (χ2v) is 7.63. The normalized spacial score (nSPS) is 16.5. The van der Waals surface area contributed by atoms with E-state index in [1.165, 1.54) is 22.9 Å². The molecule has 7 nitrogen and oxygen atoms in total. The average Bonchev–Trinajstić information content (AvgIpc) is 2.75. The van der Waals surface area contributed by atoms with Crippen LogP contribution < -0.4 is 15.8 Å². The third-order valence-corrected chi connectivity index (χ3v) is 5.27. The summed E-state index contributed by atoms with van der Waals surface area (Å²) in [5.41, 5.74) is 1.52. The minimum Gasteiger partial charge on any atom is -0.352 e. The van der Waals surface area contributed by atoms with E-state index in [0.29, 0.717) is 18.1 Å². The zero-order valence-corrected chi connectivity index (χ0v) is 17.0. The summed E-state index contributed by atoms with van der Waals surface area (Å²) >= 11 is 0. The Balaban J connectivity index is 1.51. The summed E-state index contributed by atoms with van der Waals surface area (Å²) in [4.78, 5) is 23.2. The number of piperidine rings is 1. The zero-order valence-electron chi connectivity index (χ0n) is 17.0. The van der Waals surface area contributed by atoms with E-state index in [1.54, 1.807) is 30.6 Å². The molecule has 0 aliphatic carbocycles. The Kier molecular flexibility index (Phi) is 6.02. The van der Waals surface area contributed by atoms with Gasteiger partial charge in [-0.3, -0.25) is 4.79 Å². The van der Waals surface area contributed by atoms with Crippen LogP contribution in [0.4, 0.5) is 16.2 Å². The minimum atomic E-state index is -0.322. The van der Waals surface area contributed by atoms with Crippen LogP contribution in [0.2, 0.25) is 0 Å². The molecule has 1 aliphatic heterocycles. The molecule has 0 radical (unpaired) electrons. The zero-order chi connectivity index (χ0) is 20.9. The molecule has 1 aromatic carbocycles. The number of hydrogen-bond donors (Lipinski definition) is 1. The van der Waals surface area contributed by atoms with E-state index in [-0.39, 0.29) is 24.0 Å². The number of halogens is 1. The van der Waals surface area contributed by atoms with E-state index >= 15 is 0 Å². The lowest BCUT2D eigenvalue weighted by atomic mass is 10.0. The highest BCUT2D eigenvalue weighted by Crippen LogP contribution is 2.22. The Bertz CT molecular complexity index is 1050. The van der Waals surface area contributed by atoms with Gasteiger partial charge in [0.05, 0.1) is 6.54 Å². The van der Waals surface area contributed by atoms with Crippen molar-refractivity contribution in [3.8, 4) is 0 Å². The van der Waals surface area contributed by atoms with Crippen molar-refractivity contribution in [1.82, 2.24) is 19.7 Å². The smallest absolute Gasteiger partial charge is 0.267 e. The summed E-state index contributed by atoms with van der Waals surface area (Å²) in [5.74, 6) is 1.04. The van der Waals surface area contributed by atoms with Crippen LogP contribution in [0.5, 0.6) is 0 Å². The summed E-state index contributed by atoms with van der Waals surface area (Å²) in [6.07, 6.45) is 6.81. The fourth-order valence-electron chi connectivity index (χ4n) is 3.72. The van der Waals surface area contributed by atoms with Crippen molar-refractivity contribution in [2.45, 2.75) is 38.8 Å². The molecule has 1 atom stereocenters. The van der Waals surface area contributed by atoms with Crippen molar-refractivity contribution in [2.75, 3.05) is 23.3 Å². The maximum Gasteiger partial charge on any atom is 0.267 e. The number of nitrogens with one attached hydrogen (secondary N) is 1. The van der Waals surface area contributed by atoms with Gasteiger partial charge in [-0.05, 0) is 55.5 Å². The molecule has 1 aliphatic rings. The van der Waals surface area contributed by atoms with Crippen molar-refractivity contribution >= 4 is 11.8 Å². The highest BCUT2D eigenvalue weighted by Gasteiger charge is 2.24. The fourth-order valence-corrected chi connectivity index (χ4v) is 3.72. The number of rotatable bonds is 6. The molecule has 0 amide bonds. The molecule has 1 saturated heterocycles. The van der Waals surface area contributed by atoms with Crippen LogP contribution in [0.3, 0.4) is 0 Å². The van der Waals surface area contributed by atoms with Gasteiger partial charge < -0.3 is 10.2 Å². The first kappa shape index (κ1) is 20.0. The Labute approximate surface area is 174 Å². The quantitative estimate of drug-likeness (QED) is 0.676. The van der Waals surface area contributed by atoms with Gasteiger partial charge in [0.25, 0.3) is 5.56 Å². The number of hydrogen-bond acceptors (Lipinski definition) is 6. The van der Waals surface area contributed by atoms with Gasteiger partial charge in [-0.25, -0.2) is 19.0 Å². The summed E-state index contributed by atoms with van der Waals surface area (Å²) in [6, 6.07) is 9.76. The largest absolute Gasteiger partial charge is 0.352 e. The highest BCUT2D eigenvalue weighted by atomic mass is 19.1. The van der Waals surface area contributed by atoms with E-state index in [9.17, 15) is 9.18 Å². The summed E-state index contributed by atoms with van der Waals surface area (Å²) in [6.45, 7) is 3.75. The van der Waals surface area contributed by atoms with E-state index in [2.05, 4.69) is 25.3 Å². The maximum atomic E-state index is 13.5. The van der Waals surface area contributed by atoms with Crippen LogP contribution in [0.15, 0.2) is 53.6 Å². The average molecular weight is 408 g/mol. The topological polar surface area (TPSA) is 75.9 Å². The Morgan fingerprint density at radius 2 is 2.00 bits per heavy atom. The molecule has 0 bridgehead atoms. The molecule has 8 heteroatoms. The second kappa shape index (κ2) is 9.02. The Morgan fingerprint density at radius 3 is 2.80 bits per heavy atom. The molecule has 4 rings (SSSR count). The van der Waals surface area contributed by atoms with E-state index in [1.807, 2.05) is 6.92 Å². The lowest BCUT2D eigenvalue weighted by Crippen LogP contribution is -2.45. The monoisotopic (exact) mass is 408 g/mol.